The number of hydrogen-bond acceptors (Lipinski definition) is 4. The van der Waals surface area contributed by atoms with E-state index in [-0.39, 0.29) is 12.0 Å². The first-order valence-electron chi connectivity index (χ1n) is 9.11. The van der Waals surface area contributed by atoms with Crippen molar-refractivity contribution >= 4 is 5.91 Å². The summed E-state index contributed by atoms with van der Waals surface area (Å²) in [4.78, 5) is 20.2. The Kier molecular flexibility index (Phi) is 4.83. The number of hydroxylamine groups is 2. The maximum Gasteiger partial charge on any atom is 0.248 e. The summed E-state index contributed by atoms with van der Waals surface area (Å²) in [5.41, 5.74) is 1.37. The Balaban J connectivity index is 1.30. The van der Waals surface area contributed by atoms with Crippen LogP contribution in [-0.2, 0) is 20.9 Å². The zero-order valence-electron chi connectivity index (χ0n) is 14.1. The van der Waals surface area contributed by atoms with E-state index in [9.17, 15) is 4.79 Å². The molecule has 0 unspecified atom stereocenters. The summed E-state index contributed by atoms with van der Waals surface area (Å²) in [5.74, 6) is 1.16. The number of carbonyl (C=O) groups is 1. The van der Waals surface area contributed by atoms with Gasteiger partial charge in [-0.3, -0.25) is 14.5 Å². The highest BCUT2D eigenvalue weighted by Crippen LogP contribution is 2.36. The topological polar surface area (TPSA) is 42.0 Å². The molecule has 0 saturated carbocycles. The molecule has 3 heterocycles. The number of rotatable bonds is 4. The molecule has 3 aliphatic rings. The summed E-state index contributed by atoms with van der Waals surface area (Å²) in [6, 6.07) is 10.6. The normalized spacial score (nSPS) is 30.5. The summed E-state index contributed by atoms with van der Waals surface area (Å²) in [7, 11) is 0. The molecule has 0 N–H and O–H groups in total. The predicted molar refractivity (Wildman–Crippen MR) is 90.0 cm³/mol. The molecular weight excluding hydrogens is 304 g/mol. The van der Waals surface area contributed by atoms with E-state index in [1.54, 1.807) is 0 Å². The monoisotopic (exact) mass is 330 g/mol. The third-order valence-electron chi connectivity index (χ3n) is 5.53. The average Bonchev–Trinajstić information content (AvgIpc) is 3.26. The summed E-state index contributed by atoms with van der Waals surface area (Å²) in [6.45, 7) is 5.35. The van der Waals surface area contributed by atoms with Gasteiger partial charge in [0.25, 0.3) is 0 Å². The molecule has 5 heteroatoms. The van der Waals surface area contributed by atoms with Crippen LogP contribution in [0.15, 0.2) is 30.3 Å². The van der Waals surface area contributed by atoms with Gasteiger partial charge in [-0.05, 0) is 30.9 Å². The highest BCUT2D eigenvalue weighted by atomic mass is 16.7. The third-order valence-corrected chi connectivity index (χ3v) is 5.53. The smallest absolute Gasteiger partial charge is 0.248 e. The van der Waals surface area contributed by atoms with Crippen molar-refractivity contribution in [2.75, 3.05) is 32.8 Å². The van der Waals surface area contributed by atoms with Crippen molar-refractivity contribution in [1.29, 1.82) is 0 Å². The quantitative estimate of drug-likeness (QED) is 0.848. The lowest BCUT2D eigenvalue weighted by molar-refractivity contribution is -0.171. The average molecular weight is 330 g/mol. The predicted octanol–water partition coefficient (Wildman–Crippen LogP) is 2.08. The van der Waals surface area contributed by atoms with Crippen molar-refractivity contribution < 1.29 is 14.4 Å². The van der Waals surface area contributed by atoms with Gasteiger partial charge in [-0.1, -0.05) is 30.3 Å². The Morgan fingerprint density at radius 3 is 2.88 bits per heavy atom. The van der Waals surface area contributed by atoms with Crippen LogP contribution < -0.4 is 0 Å². The van der Waals surface area contributed by atoms with Gasteiger partial charge in [-0.15, -0.1) is 0 Å². The fourth-order valence-corrected chi connectivity index (χ4v) is 4.28. The van der Waals surface area contributed by atoms with E-state index < -0.39 is 0 Å². The summed E-state index contributed by atoms with van der Waals surface area (Å²) < 4.78 is 6.00. The Hall–Kier alpha value is -1.43. The maximum atomic E-state index is 12.3. The molecule has 3 saturated heterocycles. The number of amides is 1. The number of likely N-dealkylation sites (tertiary alicyclic amines) is 1. The molecule has 5 nitrogen and oxygen atoms in total. The minimum Gasteiger partial charge on any atom is -0.377 e. The van der Waals surface area contributed by atoms with Gasteiger partial charge in [0.05, 0.1) is 32.3 Å². The molecule has 3 atom stereocenters. The van der Waals surface area contributed by atoms with Crippen LogP contribution in [0.3, 0.4) is 0 Å². The third kappa shape index (κ3) is 3.48. The molecule has 1 aromatic carbocycles. The fraction of sp³-hybridized carbons (Fsp3) is 0.632. The van der Waals surface area contributed by atoms with E-state index in [1.165, 1.54) is 10.6 Å². The van der Waals surface area contributed by atoms with Crippen molar-refractivity contribution in [3.05, 3.63) is 35.9 Å². The van der Waals surface area contributed by atoms with Gasteiger partial charge in [0.2, 0.25) is 5.91 Å². The SMILES string of the molecule is O=C(C[C@@H]1OC[C@@H]2CN(Cc3ccccc3)CC[C@@H]21)N1CCCO1. The number of ether oxygens (including phenoxy) is 1. The van der Waals surface area contributed by atoms with E-state index in [0.29, 0.717) is 24.9 Å². The zero-order chi connectivity index (χ0) is 16.4. The Morgan fingerprint density at radius 1 is 1.21 bits per heavy atom. The second-order valence-corrected chi connectivity index (χ2v) is 7.19. The highest BCUT2D eigenvalue weighted by Gasteiger charge is 2.42. The molecule has 1 aromatic rings. The van der Waals surface area contributed by atoms with E-state index in [0.717, 1.165) is 45.6 Å². The summed E-state index contributed by atoms with van der Waals surface area (Å²) >= 11 is 0. The maximum absolute atomic E-state index is 12.3. The standard InChI is InChI=1S/C19H26N2O3/c22-19(21-8-4-10-24-21)11-18-17-7-9-20(13-16(17)14-23-18)12-15-5-2-1-3-6-15/h1-3,5-6,16-18H,4,7-14H2/t16-,17-,18-/m0/s1. The lowest BCUT2D eigenvalue weighted by Crippen LogP contribution is -2.42. The Bertz CT molecular complexity index is 559. The molecule has 24 heavy (non-hydrogen) atoms. The number of nitrogens with zero attached hydrogens (tertiary/aromatic N) is 2. The second kappa shape index (κ2) is 7.21. The van der Waals surface area contributed by atoms with Gasteiger partial charge < -0.3 is 4.74 Å². The lowest BCUT2D eigenvalue weighted by Gasteiger charge is -2.35. The highest BCUT2D eigenvalue weighted by molar-refractivity contribution is 5.75. The van der Waals surface area contributed by atoms with Crippen LogP contribution in [0.2, 0.25) is 0 Å². The molecule has 130 valence electrons. The Labute approximate surface area is 143 Å². The van der Waals surface area contributed by atoms with Gasteiger partial charge in [-0.2, -0.15) is 0 Å². The van der Waals surface area contributed by atoms with Crippen LogP contribution in [0.1, 0.15) is 24.8 Å². The molecular formula is C19H26N2O3. The Morgan fingerprint density at radius 2 is 2.08 bits per heavy atom. The van der Waals surface area contributed by atoms with E-state index in [4.69, 9.17) is 9.57 Å². The van der Waals surface area contributed by atoms with Crippen LogP contribution in [-0.4, -0.2) is 54.8 Å². The van der Waals surface area contributed by atoms with Crippen molar-refractivity contribution in [3.8, 4) is 0 Å². The van der Waals surface area contributed by atoms with Crippen molar-refractivity contribution in [2.24, 2.45) is 11.8 Å². The second-order valence-electron chi connectivity index (χ2n) is 7.19. The van der Waals surface area contributed by atoms with Crippen LogP contribution >= 0.6 is 0 Å². The summed E-state index contributed by atoms with van der Waals surface area (Å²) in [5, 5.41) is 1.53. The number of benzene rings is 1. The van der Waals surface area contributed by atoms with Crippen molar-refractivity contribution in [3.63, 3.8) is 0 Å². The van der Waals surface area contributed by atoms with E-state index in [2.05, 4.69) is 35.2 Å². The first-order chi connectivity index (χ1) is 11.8. The molecule has 0 radical (unpaired) electrons. The molecule has 4 rings (SSSR count). The minimum absolute atomic E-state index is 0.0746. The van der Waals surface area contributed by atoms with Gasteiger partial charge in [0, 0.05) is 19.0 Å². The largest absolute Gasteiger partial charge is 0.377 e. The molecule has 0 aromatic heterocycles. The molecule has 3 aliphatic heterocycles. The van der Waals surface area contributed by atoms with Gasteiger partial charge in [-0.25, -0.2) is 5.06 Å². The van der Waals surface area contributed by atoms with Gasteiger partial charge >= 0.3 is 0 Å². The first kappa shape index (κ1) is 16.1. The molecule has 0 bridgehead atoms. The molecule has 0 spiro atoms. The van der Waals surface area contributed by atoms with Gasteiger partial charge in [0.1, 0.15) is 0 Å². The van der Waals surface area contributed by atoms with Crippen LogP contribution in [0, 0.1) is 11.8 Å². The minimum atomic E-state index is 0.0746. The number of piperidine rings is 1. The van der Waals surface area contributed by atoms with Crippen molar-refractivity contribution in [1.82, 2.24) is 9.96 Å². The van der Waals surface area contributed by atoms with Crippen LogP contribution in [0.4, 0.5) is 0 Å². The lowest BCUT2D eigenvalue weighted by atomic mass is 9.83. The van der Waals surface area contributed by atoms with E-state index >= 15 is 0 Å². The van der Waals surface area contributed by atoms with Crippen LogP contribution in [0.25, 0.3) is 0 Å². The molecule has 1 amide bonds. The fourth-order valence-electron chi connectivity index (χ4n) is 4.28. The van der Waals surface area contributed by atoms with E-state index in [1.807, 2.05) is 0 Å². The number of hydrogen-bond donors (Lipinski definition) is 0. The van der Waals surface area contributed by atoms with Crippen LogP contribution in [0.5, 0.6) is 0 Å². The van der Waals surface area contributed by atoms with Crippen molar-refractivity contribution in [2.45, 2.75) is 31.9 Å². The first-order valence-corrected chi connectivity index (χ1v) is 9.11. The number of fused-ring (bicyclic) bond motifs is 1. The summed E-state index contributed by atoms with van der Waals surface area (Å²) in [6.07, 6.45) is 2.61. The molecule has 3 fully saturated rings. The molecule has 0 aliphatic carbocycles. The zero-order valence-corrected chi connectivity index (χ0v) is 14.1. The van der Waals surface area contributed by atoms with Gasteiger partial charge in [0.15, 0.2) is 0 Å². The number of carbonyl (C=O) groups excluding carboxylic acids is 1.